The molecule has 0 unspecified atom stereocenters. The fraction of sp³-hybridized carbons (Fsp3) is 0.269. The Hall–Kier alpha value is -3.07. The van der Waals surface area contributed by atoms with Gasteiger partial charge in [0, 0.05) is 11.5 Å². The highest BCUT2D eigenvalue weighted by molar-refractivity contribution is 5.97. The van der Waals surface area contributed by atoms with E-state index in [4.69, 9.17) is 9.47 Å². The molecule has 2 rings (SSSR count). The molecule has 0 saturated heterocycles. The Morgan fingerprint density at radius 3 is 2.55 bits per heavy atom. The lowest BCUT2D eigenvalue weighted by Gasteiger charge is -2.14. The van der Waals surface area contributed by atoms with E-state index in [0.717, 1.165) is 27.8 Å². The maximum Gasteiger partial charge on any atom is 0.330 e. The first-order chi connectivity index (χ1) is 13.9. The van der Waals surface area contributed by atoms with Gasteiger partial charge in [0.1, 0.15) is 5.75 Å². The minimum absolute atomic E-state index is 0.314. The van der Waals surface area contributed by atoms with E-state index < -0.39 is 0 Å². The van der Waals surface area contributed by atoms with Gasteiger partial charge in [0.15, 0.2) is 0 Å². The average Bonchev–Trinajstić information content (AvgIpc) is 2.67. The second-order valence-corrected chi connectivity index (χ2v) is 7.04. The van der Waals surface area contributed by atoms with Gasteiger partial charge in [0.25, 0.3) is 0 Å². The Morgan fingerprint density at radius 2 is 1.86 bits per heavy atom. The number of rotatable bonds is 7. The van der Waals surface area contributed by atoms with Crippen molar-refractivity contribution in [3.63, 3.8) is 0 Å². The van der Waals surface area contributed by atoms with Crippen molar-refractivity contribution >= 4 is 22.8 Å². The smallest absolute Gasteiger partial charge is 0.330 e. The van der Waals surface area contributed by atoms with Crippen molar-refractivity contribution in [2.24, 2.45) is 0 Å². The first-order valence-corrected chi connectivity index (χ1v) is 9.82. The number of ether oxygens (including phenoxy) is 2. The van der Waals surface area contributed by atoms with Gasteiger partial charge in [-0.25, -0.2) is 4.79 Å². The van der Waals surface area contributed by atoms with Crippen LogP contribution >= 0.6 is 0 Å². The van der Waals surface area contributed by atoms with Crippen LogP contribution in [0.3, 0.4) is 0 Å². The number of hydrogen-bond donors (Lipinski definition) is 0. The van der Waals surface area contributed by atoms with Crippen LogP contribution < -0.4 is 4.74 Å². The summed E-state index contributed by atoms with van der Waals surface area (Å²) in [6.07, 6.45) is 11.5. The minimum Gasteiger partial charge on any atom is -0.496 e. The van der Waals surface area contributed by atoms with E-state index in [9.17, 15) is 4.79 Å². The van der Waals surface area contributed by atoms with Crippen molar-refractivity contribution in [3.05, 3.63) is 82.5 Å². The maximum atomic E-state index is 11.4. The zero-order valence-electron chi connectivity index (χ0n) is 18.2. The number of esters is 1. The van der Waals surface area contributed by atoms with Crippen molar-refractivity contribution < 1.29 is 14.3 Å². The molecule has 0 bridgehead atoms. The van der Waals surface area contributed by atoms with E-state index >= 15 is 0 Å². The third-order valence-corrected chi connectivity index (χ3v) is 4.74. The summed E-state index contributed by atoms with van der Waals surface area (Å²) in [5.41, 5.74) is 5.46. The van der Waals surface area contributed by atoms with Gasteiger partial charge in [-0.3, -0.25) is 0 Å². The van der Waals surface area contributed by atoms with Gasteiger partial charge in [-0.15, -0.1) is 0 Å². The van der Waals surface area contributed by atoms with Crippen molar-refractivity contribution in [2.45, 2.75) is 34.6 Å². The second-order valence-electron chi connectivity index (χ2n) is 7.04. The summed E-state index contributed by atoms with van der Waals surface area (Å²) in [5, 5.41) is 2.30. The van der Waals surface area contributed by atoms with E-state index in [1.165, 1.54) is 22.6 Å². The molecule has 0 radical (unpaired) electrons. The molecule has 0 heterocycles. The predicted octanol–water partition coefficient (Wildman–Crippen LogP) is 6.49. The molecule has 0 fully saturated rings. The Morgan fingerprint density at radius 1 is 1.10 bits per heavy atom. The van der Waals surface area contributed by atoms with Gasteiger partial charge in [-0.2, -0.15) is 0 Å². The van der Waals surface area contributed by atoms with Crippen molar-refractivity contribution in [1.29, 1.82) is 0 Å². The zero-order valence-corrected chi connectivity index (χ0v) is 18.2. The zero-order chi connectivity index (χ0) is 21.4. The predicted molar refractivity (Wildman–Crippen MR) is 122 cm³/mol. The summed E-state index contributed by atoms with van der Waals surface area (Å²) in [7, 11) is 1.73. The lowest BCUT2D eigenvalue weighted by molar-refractivity contribution is -0.137. The quantitative estimate of drug-likeness (QED) is 0.308. The molecule has 3 nitrogen and oxygen atoms in total. The van der Waals surface area contributed by atoms with Crippen LogP contribution in [-0.2, 0) is 9.53 Å². The normalized spacial score (nSPS) is 12.9. The molecule has 0 aliphatic rings. The van der Waals surface area contributed by atoms with Gasteiger partial charge in [0.2, 0.25) is 0 Å². The molecule has 0 aliphatic carbocycles. The van der Waals surface area contributed by atoms with Crippen LogP contribution in [0.5, 0.6) is 5.75 Å². The summed E-state index contributed by atoms with van der Waals surface area (Å²) in [6, 6.07) is 8.49. The monoisotopic (exact) mass is 390 g/mol. The van der Waals surface area contributed by atoms with Crippen molar-refractivity contribution in [1.82, 2.24) is 0 Å². The van der Waals surface area contributed by atoms with E-state index in [0.29, 0.717) is 6.61 Å². The molecule has 0 amide bonds. The summed E-state index contributed by atoms with van der Waals surface area (Å²) < 4.78 is 10.6. The highest BCUT2D eigenvalue weighted by Crippen LogP contribution is 2.35. The molecule has 2 aromatic carbocycles. The Bertz CT molecular complexity index is 1000. The molecular formula is C26H30O3. The minimum atomic E-state index is -0.314. The number of methoxy groups -OCH3 is 1. The Kier molecular flexibility index (Phi) is 8.02. The van der Waals surface area contributed by atoms with Crippen molar-refractivity contribution in [2.75, 3.05) is 13.7 Å². The lowest BCUT2D eigenvalue weighted by atomic mass is 9.97. The van der Waals surface area contributed by atoms with Crippen LogP contribution in [-0.4, -0.2) is 19.7 Å². The van der Waals surface area contributed by atoms with E-state index in [1.807, 2.05) is 32.1 Å². The molecule has 3 heteroatoms. The molecule has 0 aliphatic heterocycles. The van der Waals surface area contributed by atoms with Gasteiger partial charge in [-0.1, -0.05) is 60.2 Å². The van der Waals surface area contributed by atoms with Crippen LogP contribution in [0.15, 0.2) is 65.8 Å². The summed E-state index contributed by atoms with van der Waals surface area (Å²) in [4.78, 5) is 11.4. The fourth-order valence-corrected chi connectivity index (χ4v) is 3.12. The average molecular weight is 391 g/mol. The highest BCUT2D eigenvalue weighted by Gasteiger charge is 2.10. The Balaban J connectivity index is 2.26. The van der Waals surface area contributed by atoms with Gasteiger partial charge in [0.05, 0.1) is 13.7 Å². The number of carbonyl (C=O) groups is 1. The number of hydrogen-bond acceptors (Lipinski definition) is 3. The first kappa shape index (κ1) is 22.2. The molecule has 2 aromatic rings. The molecule has 0 saturated carbocycles. The summed E-state index contributed by atoms with van der Waals surface area (Å²) >= 11 is 0. The fourth-order valence-electron chi connectivity index (χ4n) is 3.12. The molecule has 0 spiro atoms. The van der Waals surface area contributed by atoms with Gasteiger partial charge >= 0.3 is 5.97 Å². The number of fused-ring (bicyclic) bond motifs is 1. The molecule has 29 heavy (non-hydrogen) atoms. The third-order valence-electron chi connectivity index (χ3n) is 4.74. The number of allylic oxidation sites excluding steroid dienone is 6. The second kappa shape index (κ2) is 10.5. The molecule has 152 valence electrons. The van der Waals surface area contributed by atoms with Gasteiger partial charge in [-0.05, 0) is 62.3 Å². The number of aryl methyl sites for hydroxylation is 1. The lowest BCUT2D eigenvalue weighted by Crippen LogP contribution is -1.99. The summed E-state index contributed by atoms with van der Waals surface area (Å²) in [5.74, 6) is 0.618. The Labute approximate surface area is 174 Å². The summed E-state index contributed by atoms with van der Waals surface area (Å²) in [6.45, 7) is 10.3. The van der Waals surface area contributed by atoms with Crippen LogP contribution in [0.4, 0.5) is 0 Å². The topological polar surface area (TPSA) is 35.5 Å². The van der Waals surface area contributed by atoms with Crippen LogP contribution in [0.25, 0.3) is 16.8 Å². The van der Waals surface area contributed by atoms with Crippen LogP contribution in [0.1, 0.15) is 37.5 Å². The number of benzene rings is 2. The van der Waals surface area contributed by atoms with E-state index in [-0.39, 0.29) is 5.97 Å². The molecule has 0 atom stereocenters. The van der Waals surface area contributed by atoms with E-state index in [1.54, 1.807) is 14.0 Å². The SMILES string of the molecule is CCOC(=O)/C=C(C)/C=C/C=C(C)/C=C/c1cccc2cc(C)c(C)c(OC)c12. The van der Waals surface area contributed by atoms with Gasteiger partial charge < -0.3 is 9.47 Å². The van der Waals surface area contributed by atoms with Crippen LogP contribution in [0.2, 0.25) is 0 Å². The van der Waals surface area contributed by atoms with Crippen LogP contribution in [0, 0.1) is 13.8 Å². The standard InChI is InChI=1S/C26H30O3/c1-7-29-24(27)16-19(3)11-8-10-18(2)14-15-22-12-9-13-23-17-20(4)21(5)26(28-6)25(22)23/h8-17H,7H2,1-6H3/b11-8+,15-14+,18-10+,19-16+. The first-order valence-electron chi connectivity index (χ1n) is 9.82. The maximum absolute atomic E-state index is 11.4. The van der Waals surface area contributed by atoms with Crippen molar-refractivity contribution in [3.8, 4) is 5.75 Å². The molecule has 0 N–H and O–H groups in total. The number of carbonyl (C=O) groups excluding carboxylic acids is 1. The van der Waals surface area contributed by atoms with E-state index in [2.05, 4.69) is 50.3 Å². The third kappa shape index (κ3) is 5.95. The molecular weight excluding hydrogens is 360 g/mol. The molecule has 0 aromatic heterocycles. The largest absolute Gasteiger partial charge is 0.496 e. The highest BCUT2D eigenvalue weighted by atomic mass is 16.5.